The standard InChI is InChI=1S/C13H18FNO2/c1-3-7-13(9-15,12(16)17-2)10-5-4-6-11(14)8-10/h4-6,8H,3,7,9,15H2,1-2H3. The predicted octanol–water partition coefficient (Wildman–Crippen LogP) is 2.00. The Kier molecular flexibility index (Phi) is 4.63. The fraction of sp³-hybridized carbons (Fsp3) is 0.462. The third-order valence-corrected chi connectivity index (χ3v) is 2.98. The smallest absolute Gasteiger partial charge is 0.317 e. The van der Waals surface area contributed by atoms with Gasteiger partial charge in [0.05, 0.1) is 7.11 Å². The summed E-state index contributed by atoms with van der Waals surface area (Å²) in [5, 5.41) is 0. The quantitative estimate of drug-likeness (QED) is 0.799. The van der Waals surface area contributed by atoms with Gasteiger partial charge in [0.15, 0.2) is 0 Å². The number of benzene rings is 1. The zero-order chi connectivity index (χ0) is 12.9. The van der Waals surface area contributed by atoms with Crippen LogP contribution in [-0.4, -0.2) is 19.6 Å². The normalized spacial score (nSPS) is 14.1. The van der Waals surface area contributed by atoms with Gasteiger partial charge in [-0.25, -0.2) is 4.39 Å². The molecule has 0 aliphatic carbocycles. The van der Waals surface area contributed by atoms with Gasteiger partial charge in [-0.15, -0.1) is 0 Å². The number of ether oxygens (including phenoxy) is 1. The number of halogens is 1. The Bertz CT molecular complexity index is 395. The van der Waals surface area contributed by atoms with Gasteiger partial charge in [-0.2, -0.15) is 0 Å². The van der Waals surface area contributed by atoms with Crippen molar-refractivity contribution in [3.05, 3.63) is 35.6 Å². The van der Waals surface area contributed by atoms with E-state index in [0.717, 1.165) is 6.42 Å². The van der Waals surface area contributed by atoms with E-state index in [1.165, 1.54) is 19.2 Å². The van der Waals surface area contributed by atoms with E-state index >= 15 is 0 Å². The lowest BCUT2D eigenvalue weighted by molar-refractivity contribution is -0.147. The Morgan fingerprint density at radius 2 is 2.24 bits per heavy atom. The molecule has 0 saturated heterocycles. The molecule has 0 amide bonds. The molecule has 0 bridgehead atoms. The topological polar surface area (TPSA) is 52.3 Å². The van der Waals surface area contributed by atoms with E-state index in [4.69, 9.17) is 10.5 Å². The highest BCUT2D eigenvalue weighted by Gasteiger charge is 2.39. The second-order valence-electron chi connectivity index (χ2n) is 4.04. The van der Waals surface area contributed by atoms with Crippen molar-refractivity contribution in [2.75, 3.05) is 13.7 Å². The van der Waals surface area contributed by atoms with Crippen molar-refractivity contribution in [1.29, 1.82) is 0 Å². The maximum atomic E-state index is 13.2. The molecule has 1 atom stereocenters. The number of esters is 1. The van der Waals surface area contributed by atoms with Gasteiger partial charge in [0, 0.05) is 6.54 Å². The molecular formula is C13H18FNO2. The van der Waals surface area contributed by atoms with Gasteiger partial charge in [0.1, 0.15) is 11.2 Å². The van der Waals surface area contributed by atoms with Crippen LogP contribution in [0.4, 0.5) is 4.39 Å². The van der Waals surface area contributed by atoms with E-state index in [0.29, 0.717) is 12.0 Å². The van der Waals surface area contributed by atoms with Crippen LogP contribution >= 0.6 is 0 Å². The Balaban J connectivity index is 3.25. The largest absolute Gasteiger partial charge is 0.468 e. The number of nitrogens with two attached hydrogens (primary N) is 1. The lowest BCUT2D eigenvalue weighted by atomic mass is 9.76. The third kappa shape index (κ3) is 2.64. The van der Waals surface area contributed by atoms with E-state index < -0.39 is 11.4 Å². The number of carbonyl (C=O) groups is 1. The first-order valence-corrected chi connectivity index (χ1v) is 5.65. The van der Waals surface area contributed by atoms with E-state index in [1.807, 2.05) is 6.92 Å². The van der Waals surface area contributed by atoms with E-state index in [9.17, 15) is 9.18 Å². The van der Waals surface area contributed by atoms with Crippen molar-refractivity contribution in [3.63, 3.8) is 0 Å². The first-order valence-electron chi connectivity index (χ1n) is 5.65. The van der Waals surface area contributed by atoms with Crippen LogP contribution in [0.25, 0.3) is 0 Å². The fourth-order valence-electron chi connectivity index (χ4n) is 2.08. The van der Waals surface area contributed by atoms with E-state index in [2.05, 4.69) is 0 Å². The number of methoxy groups -OCH3 is 1. The number of rotatable bonds is 5. The van der Waals surface area contributed by atoms with Crippen LogP contribution in [0.2, 0.25) is 0 Å². The first kappa shape index (κ1) is 13.6. The molecule has 1 aromatic carbocycles. The first-order chi connectivity index (χ1) is 8.10. The SMILES string of the molecule is CCCC(CN)(C(=O)OC)c1cccc(F)c1. The molecule has 4 heteroatoms. The number of hydrogen-bond acceptors (Lipinski definition) is 3. The molecule has 1 aromatic rings. The molecule has 0 aliphatic heterocycles. The number of hydrogen-bond donors (Lipinski definition) is 1. The fourth-order valence-corrected chi connectivity index (χ4v) is 2.08. The molecule has 94 valence electrons. The Labute approximate surface area is 101 Å². The van der Waals surface area contributed by atoms with Gasteiger partial charge in [-0.3, -0.25) is 4.79 Å². The van der Waals surface area contributed by atoms with Crippen LogP contribution in [0.15, 0.2) is 24.3 Å². The van der Waals surface area contributed by atoms with Gasteiger partial charge < -0.3 is 10.5 Å². The highest BCUT2D eigenvalue weighted by molar-refractivity contribution is 5.83. The summed E-state index contributed by atoms with van der Waals surface area (Å²) in [6.07, 6.45) is 1.31. The van der Waals surface area contributed by atoms with Gasteiger partial charge >= 0.3 is 5.97 Å². The minimum atomic E-state index is -0.939. The molecule has 1 rings (SSSR count). The van der Waals surface area contributed by atoms with Crippen LogP contribution < -0.4 is 5.73 Å². The van der Waals surface area contributed by atoms with E-state index in [-0.39, 0.29) is 12.4 Å². The molecule has 1 unspecified atom stereocenters. The van der Waals surface area contributed by atoms with Crippen molar-refractivity contribution in [3.8, 4) is 0 Å². The van der Waals surface area contributed by atoms with Crippen LogP contribution in [0, 0.1) is 5.82 Å². The molecule has 0 fully saturated rings. The minimum Gasteiger partial charge on any atom is -0.468 e. The summed E-state index contributed by atoms with van der Waals surface area (Å²) in [5.41, 5.74) is 5.37. The molecule has 0 radical (unpaired) electrons. The maximum absolute atomic E-state index is 13.2. The molecule has 0 aromatic heterocycles. The highest BCUT2D eigenvalue weighted by Crippen LogP contribution is 2.30. The van der Waals surface area contributed by atoms with Gasteiger partial charge in [-0.1, -0.05) is 25.5 Å². The van der Waals surface area contributed by atoms with Gasteiger partial charge in [0.2, 0.25) is 0 Å². The lowest BCUT2D eigenvalue weighted by Crippen LogP contribution is -2.43. The van der Waals surface area contributed by atoms with Gasteiger partial charge in [-0.05, 0) is 24.1 Å². The van der Waals surface area contributed by atoms with Crippen molar-refractivity contribution < 1.29 is 13.9 Å². The van der Waals surface area contributed by atoms with Crippen LogP contribution in [0.3, 0.4) is 0 Å². The monoisotopic (exact) mass is 239 g/mol. The van der Waals surface area contributed by atoms with Gasteiger partial charge in [0.25, 0.3) is 0 Å². The molecule has 0 saturated carbocycles. The zero-order valence-corrected chi connectivity index (χ0v) is 10.2. The van der Waals surface area contributed by atoms with Crippen LogP contribution in [0.1, 0.15) is 25.3 Å². The average Bonchev–Trinajstić information content (AvgIpc) is 2.35. The van der Waals surface area contributed by atoms with Crippen molar-refractivity contribution >= 4 is 5.97 Å². The molecule has 2 N–H and O–H groups in total. The Morgan fingerprint density at radius 3 is 2.71 bits per heavy atom. The lowest BCUT2D eigenvalue weighted by Gasteiger charge is -2.29. The molecule has 17 heavy (non-hydrogen) atoms. The molecular weight excluding hydrogens is 221 g/mol. The minimum absolute atomic E-state index is 0.108. The summed E-state index contributed by atoms with van der Waals surface area (Å²) >= 11 is 0. The van der Waals surface area contributed by atoms with Crippen molar-refractivity contribution in [2.24, 2.45) is 5.73 Å². The summed E-state index contributed by atoms with van der Waals surface area (Å²) in [5.74, 6) is -0.784. The zero-order valence-electron chi connectivity index (χ0n) is 10.2. The summed E-state index contributed by atoms with van der Waals surface area (Å²) in [6, 6.07) is 5.98. The molecule has 0 aliphatic rings. The van der Waals surface area contributed by atoms with Crippen LogP contribution in [-0.2, 0) is 14.9 Å². The summed E-state index contributed by atoms with van der Waals surface area (Å²) in [7, 11) is 1.32. The Morgan fingerprint density at radius 1 is 1.53 bits per heavy atom. The second-order valence-corrected chi connectivity index (χ2v) is 4.04. The summed E-state index contributed by atoms with van der Waals surface area (Å²) < 4.78 is 18.1. The maximum Gasteiger partial charge on any atom is 0.317 e. The Hall–Kier alpha value is -1.42. The average molecular weight is 239 g/mol. The van der Waals surface area contributed by atoms with Crippen molar-refractivity contribution in [1.82, 2.24) is 0 Å². The molecule has 0 spiro atoms. The van der Waals surface area contributed by atoms with Crippen molar-refractivity contribution in [2.45, 2.75) is 25.2 Å². The van der Waals surface area contributed by atoms with Crippen LogP contribution in [0.5, 0.6) is 0 Å². The molecule has 0 heterocycles. The van der Waals surface area contributed by atoms with E-state index in [1.54, 1.807) is 12.1 Å². The third-order valence-electron chi connectivity index (χ3n) is 2.98. The highest BCUT2D eigenvalue weighted by atomic mass is 19.1. The number of carbonyl (C=O) groups excluding carboxylic acids is 1. The second kappa shape index (κ2) is 5.77. The predicted molar refractivity (Wildman–Crippen MR) is 64.1 cm³/mol. The molecule has 3 nitrogen and oxygen atoms in total. The summed E-state index contributed by atoms with van der Waals surface area (Å²) in [6.45, 7) is 2.06. The summed E-state index contributed by atoms with van der Waals surface area (Å²) in [4.78, 5) is 11.9.